The van der Waals surface area contributed by atoms with Gasteiger partial charge in [-0.2, -0.15) is 0 Å². The number of nitrogens with one attached hydrogen (secondary N) is 2. The van der Waals surface area contributed by atoms with Crippen molar-refractivity contribution < 1.29 is 9.59 Å². The molecular formula is C17H21N3O2. The Labute approximate surface area is 129 Å². The Balaban J connectivity index is 0.000000164. The second-order valence-electron chi connectivity index (χ2n) is 5.31. The molecule has 0 unspecified atom stereocenters. The van der Waals surface area contributed by atoms with Gasteiger partial charge in [-0.25, -0.2) is 0 Å². The summed E-state index contributed by atoms with van der Waals surface area (Å²) in [6.07, 6.45) is 7.90. The molecule has 1 aromatic heterocycles. The zero-order chi connectivity index (χ0) is 15.9. The maximum atomic E-state index is 10.9. The first-order valence-electron chi connectivity index (χ1n) is 7.40. The van der Waals surface area contributed by atoms with Crippen LogP contribution in [0, 0.1) is 0 Å². The van der Waals surface area contributed by atoms with Gasteiger partial charge in [0.15, 0.2) is 0 Å². The molecule has 3 rings (SSSR count). The van der Waals surface area contributed by atoms with E-state index < -0.39 is 5.91 Å². The van der Waals surface area contributed by atoms with Crippen LogP contribution in [0.2, 0.25) is 0 Å². The second kappa shape index (κ2) is 7.45. The largest absolute Gasteiger partial charge is 0.366 e. The maximum absolute atomic E-state index is 10.9. The third-order valence-corrected chi connectivity index (χ3v) is 3.74. The molecule has 4 N–H and O–H groups in total. The SMILES string of the molecule is C=CC(=O)NC1CCCC1.NC(=O)c1cccc2cc[nH]c12. The van der Waals surface area contributed by atoms with Crippen molar-refractivity contribution in [3.63, 3.8) is 0 Å². The molecule has 1 aromatic carbocycles. The minimum absolute atomic E-state index is 0.0353. The van der Waals surface area contributed by atoms with Crippen molar-refractivity contribution in [3.05, 3.63) is 48.7 Å². The number of aromatic amines is 1. The summed E-state index contributed by atoms with van der Waals surface area (Å²) in [5.41, 5.74) is 6.53. The second-order valence-corrected chi connectivity index (χ2v) is 5.31. The predicted octanol–water partition coefficient (Wildman–Crippen LogP) is 2.50. The molecule has 1 aliphatic rings. The Morgan fingerprint density at radius 3 is 2.64 bits per heavy atom. The molecule has 2 amide bonds. The van der Waals surface area contributed by atoms with Gasteiger partial charge in [0.2, 0.25) is 5.91 Å². The molecule has 1 saturated carbocycles. The number of hydrogen-bond donors (Lipinski definition) is 3. The Hall–Kier alpha value is -2.56. The van der Waals surface area contributed by atoms with Crippen molar-refractivity contribution in [2.24, 2.45) is 5.73 Å². The lowest BCUT2D eigenvalue weighted by Gasteiger charge is -2.08. The lowest BCUT2D eigenvalue weighted by Crippen LogP contribution is -2.30. The first-order valence-corrected chi connectivity index (χ1v) is 7.40. The normalized spacial score (nSPS) is 14.2. The van der Waals surface area contributed by atoms with Crippen LogP contribution in [0.5, 0.6) is 0 Å². The molecule has 22 heavy (non-hydrogen) atoms. The van der Waals surface area contributed by atoms with Gasteiger partial charge in [-0.05, 0) is 31.1 Å². The maximum Gasteiger partial charge on any atom is 0.250 e. The zero-order valence-electron chi connectivity index (χ0n) is 12.5. The van der Waals surface area contributed by atoms with Crippen LogP contribution in [0.4, 0.5) is 0 Å². The predicted molar refractivity (Wildman–Crippen MR) is 87.4 cm³/mol. The average Bonchev–Trinajstić information content (AvgIpc) is 3.17. The molecule has 0 aliphatic heterocycles. The first kappa shape index (κ1) is 15.8. The van der Waals surface area contributed by atoms with Gasteiger partial charge in [0.25, 0.3) is 5.91 Å². The van der Waals surface area contributed by atoms with Crippen LogP contribution in [-0.2, 0) is 4.79 Å². The fourth-order valence-electron chi connectivity index (χ4n) is 2.62. The van der Waals surface area contributed by atoms with E-state index in [2.05, 4.69) is 16.9 Å². The molecule has 0 atom stereocenters. The van der Waals surface area contributed by atoms with Crippen LogP contribution < -0.4 is 11.1 Å². The third-order valence-electron chi connectivity index (χ3n) is 3.74. The number of carbonyl (C=O) groups excluding carboxylic acids is 2. The number of fused-ring (bicyclic) bond motifs is 1. The highest BCUT2D eigenvalue weighted by Crippen LogP contribution is 2.17. The van der Waals surface area contributed by atoms with Crippen molar-refractivity contribution in [1.82, 2.24) is 10.3 Å². The number of amides is 2. The van der Waals surface area contributed by atoms with Gasteiger partial charge >= 0.3 is 0 Å². The van der Waals surface area contributed by atoms with E-state index in [1.54, 1.807) is 12.3 Å². The van der Waals surface area contributed by atoms with Gasteiger partial charge < -0.3 is 16.0 Å². The summed E-state index contributed by atoms with van der Waals surface area (Å²) in [6.45, 7) is 3.39. The topological polar surface area (TPSA) is 88.0 Å². The van der Waals surface area contributed by atoms with Gasteiger partial charge in [0.05, 0.1) is 11.1 Å². The van der Waals surface area contributed by atoms with Gasteiger partial charge in [-0.3, -0.25) is 9.59 Å². The summed E-state index contributed by atoms with van der Waals surface area (Å²) in [6, 6.07) is 7.78. The Morgan fingerprint density at radius 2 is 2.00 bits per heavy atom. The molecule has 1 aliphatic carbocycles. The van der Waals surface area contributed by atoms with E-state index in [1.807, 2.05) is 18.2 Å². The van der Waals surface area contributed by atoms with Crippen molar-refractivity contribution in [2.45, 2.75) is 31.7 Å². The molecule has 0 saturated heterocycles. The van der Waals surface area contributed by atoms with E-state index in [-0.39, 0.29) is 5.91 Å². The zero-order valence-corrected chi connectivity index (χ0v) is 12.5. The van der Waals surface area contributed by atoms with Gasteiger partial charge in [0.1, 0.15) is 0 Å². The van der Waals surface area contributed by atoms with E-state index in [1.165, 1.54) is 18.9 Å². The molecule has 5 heteroatoms. The smallest absolute Gasteiger partial charge is 0.250 e. The number of hydrogen-bond acceptors (Lipinski definition) is 2. The first-order chi connectivity index (χ1) is 10.6. The van der Waals surface area contributed by atoms with E-state index in [0.29, 0.717) is 11.6 Å². The highest BCUT2D eigenvalue weighted by atomic mass is 16.1. The number of nitrogens with two attached hydrogens (primary N) is 1. The third kappa shape index (κ3) is 3.97. The summed E-state index contributed by atoms with van der Waals surface area (Å²) in [4.78, 5) is 24.6. The molecule has 1 heterocycles. The Bertz CT molecular complexity index is 669. The quantitative estimate of drug-likeness (QED) is 0.760. The van der Waals surface area contributed by atoms with Crippen LogP contribution in [0.15, 0.2) is 43.1 Å². The lowest BCUT2D eigenvalue weighted by atomic mass is 10.1. The van der Waals surface area contributed by atoms with Crippen LogP contribution in [0.25, 0.3) is 10.9 Å². The van der Waals surface area contributed by atoms with E-state index in [4.69, 9.17) is 5.73 Å². The summed E-state index contributed by atoms with van der Waals surface area (Å²) in [7, 11) is 0. The number of para-hydroxylation sites is 1. The van der Waals surface area contributed by atoms with Crippen LogP contribution in [0.1, 0.15) is 36.0 Å². The fourth-order valence-corrected chi connectivity index (χ4v) is 2.62. The molecule has 0 radical (unpaired) electrons. The summed E-state index contributed by atoms with van der Waals surface area (Å²) in [5, 5.41) is 3.88. The number of carbonyl (C=O) groups is 2. The van der Waals surface area contributed by atoms with Gasteiger partial charge in [0, 0.05) is 17.6 Å². The minimum atomic E-state index is -0.400. The summed E-state index contributed by atoms with van der Waals surface area (Å²) >= 11 is 0. The lowest BCUT2D eigenvalue weighted by molar-refractivity contribution is -0.117. The summed E-state index contributed by atoms with van der Waals surface area (Å²) < 4.78 is 0. The molecule has 1 fully saturated rings. The van der Waals surface area contributed by atoms with Gasteiger partial charge in [-0.15, -0.1) is 0 Å². The molecule has 2 aromatic rings. The number of benzene rings is 1. The number of primary amides is 1. The van der Waals surface area contributed by atoms with Crippen molar-refractivity contribution in [2.75, 3.05) is 0 Å². The molecule has 0 bridgehead atoms. The molecule has 0 spiro atoms. The number of rotatable bonds is 3. The van der Waals surface area contributed by atoms with Crippen molar-refractivity contribution in [3.8, 4) is 0 Å². The minimum Gasteiger partial charge on any atom is -0.366 e. The standard InChI is InChI=1S/C9H8N2O.C8H13NO/c10-9(12)7-3-1-2-6-4-5-11-8(6)7;1-2-8(10)9-7-5-3-4-6-7/h1-5,11H,(H2,10,12);2,7H,1,3-6H2,(H,9,10). The van der Waals surface area contributed by atoms with Crippen molar-refractivity contribution in [1.29, 1.82) is 0 Å². The highest BCUT2D eigenvalue weighted by Gasteiger charge is 2.15. The van der Waals surface area contributed by atoms with Crippen LogP contribution in [0.3, 0.4) is 0 Å². The van der Waals surface area contributed by atoms with Crippen molar-refractivity contribution >= 4 is 22.7 Å². The molecular weight excluding hydrogens is 278 g/mol. The van der Waals surface area contributed by atoms with E-state index >= 15 is 0 Å². The monoisotopic (exact) mass is 299 g/mol. The van der Waals surface area contributed by atoms with Crippen LogP contribution in [-0.4, -0.2) is 22.8 Å². The highest BCUT2D eigenvalue weighted by molar-refractivity contribution is 6.04. The molecule has 5 nitrogen and oxygen atoms in total. The average molecular weight is 299 g/mol. The van der Waals surface area contributed by atoms with Gasteiger partial charge in [-0.1, -0.05) is 31.6 Å². The number of aromatic nitrogens is 1. The summed E-state index contributed by atoms with van der Waals surface area (Å²) in [5.74, 6) is -0.435. The fraction of sp³-hybridized carbons (Fsp3) is 0.294. The van der Waals surface area contributed by atoms with E-state index in [0.717, 1.165) is 23.7 Å². The number of H-pyrrole nitrogens is 1. The Morgan fingerprint density at radius 1 is 1.27 bits per heavy atom. The Kier molecular flexibility index (Phi) is 5.36. The van der Waals surface area contributed by atoms with E-state index in [9.17, 15) is 9.59 Å². The molecule has 116 valence electrons. The van der Waals surface area contributed by atoms with Crippen LogP contribution >= 0.6 is 0 Å².